The molecular formula is C23H27N. The summed E-state index contributed by atoms with van der Waals surface area (Å²) in [5.41, 5.74) is 5.07. The molecule has 0 saturated heterocycles. The van der Waals surface area contributed by atoms with Crippen LogP contribution in [0.4, 0.5) is 0 Å². The average molecular weight is 317 g/mol. The molecule has 0 aliphatic heterocycles. The molecule has 0 radical (unpaired) electrons. The van der Waals surface area contributed by atoms with E-state index in [2.05, 4.69) is 66.5 Å². The molecule has 0 bridgehead atoms. The molecule has 124 valence electrons. The highest BCUT2D eigenvalue weighted by Crippen LogP contribution is 2.28. The number of hydrogen-bond donors (Lipinski definition) is 0. The van der Waals surface area contributed by atoms with Crippen LogP contribution in [0.3, 0.4) is 0 Å². The average Bonchev–Trinajstić information content (AvgIpc) is 2.64. The Balaban J connectivity index is 1.75. The zero-order valence-electron chi connectivity index (χ0n) is 14.7. The van der Waals surface area contributed by atoms with Crippen molar-refractivity contribution < 1.29 is 0 Å². The Morgan fingerprint density at radius 2 is 1.58 bits per heavy atom. The van der Waals surface area contributed by atoms with Crippen molar-refractivity contribution in [1.82, 2.24) is 4.98 Å². The van der Waals surface area contributed by atoms with Crippen molar-refractivity contribution in [3.63, 3.8) is 0 Å². The number of aryl methyl sites for hydroxylation is 1. The number of rotatable bonds is 8. The van der Waals surface area contributed by atoms with Gasteiger partial charge in [0.05, 0.1) is 5.52 Å². The third-order valence-electron chi connectivity index (χ3n) is 4.71. The fourth-order valence-electron chi connectivity index (χ4n) is 3.33. The highest BCUT2D eigenvalue weighted by molar-refractivity contribution is 5.94. The lowest BCUT2D eigenvalue weighted by molar-refractivity contribution is 0.607. The molecule has 0 N–H and O–H groups in total. The number of benzene rings is 2. The maximum atomic E-state index is 4.54. The second-order valence-corrected chi connectivity index (χ2v) is 6.59. The minimum absolute atomic E-state index is 1.09. The van der Waals surface area contributed by atoms with Crippen molar-refractivity contribution in [2.45, 2.75) is 51.9 Å². The molecule has 3 rings (SSSR count). The molecule has 2 aromatic carbocycles. The van der Waals surface area contributed by atoms with E-state index in [9.17, 15) is 0 Å². The first kappa shape index (κ1) is 16.7. The number of fused-ring (bicyclic) bond motifs is 1. The summed E-state index contributed by atoms with van der Waals surface area (Å²) in [5, 5.41) is 1.27. The normalized spacial score (nSPS) is 11.0. The quantitative estimate of drug-likeness (QED) is 0.416. The van der Waals surface area contributed by atoms with Gasteiger partial charge in [0.2, 0.25) is 0 Å². The van der Waals surface area contributed by atoms with Crippen molar-refractivity contribution in [3.8, 4) is 11.1 Å². The van der Waals surface area contributed by atoms with E-state index in [1.54, 1.807) is 0 Å². The van der Waals surface area contributed by atoms with Crippen LogP contribution >= 0.6 is 0 Å². The highest BCUT2D eigenvalue weighted by atomic mass is 14.6. The smallest absolute Gasteiger partial charge is 0.0708 e. The zero-order chi connectivity index (χ0) is 16.6. The van der Waals surface area contributed by atoms with Crippen molar-refractivity contribution in [2.75, 3.05) is 0 Å². The SMILES string of the molecule is CCCCCCCCc1ccc2nccc(-c3ccccc3)c2c1. The molecule has 0 unspecified atom stereocenters. The Morgan fingerprint density at radius 3 is 2.42 bits per heavy atom. The molecule has 1 heteroatoms. The van der Waals surface area contributed by atoms with Crippen LogP contribution in [0.25, 0.3) is 22.0 Å². The maximum Gasteiger partial charge on any atom is 0.0708 e. The summed E-state index contributed by atoms with van der Waals surface area (Å²) in [5.74, 6) is 0. The van der Waals surface area contributed by atoms with Crippen LogP contribution in [0.2, 0.25) is 0 Å². The van der Waals surface area contributed by atoms with Crippen molar-refractivity contribution >= 4 is 10.9 Å². The molecule has 0 spiro atoms. The molecule has 0 saturated carbocycles. The minimum atomic E-state index is 1.09. The Labute approximate surface area is 145 Å². The number of nitrogens with zero attached hydrogens (tertiary/aromatic N) is 1. The van der Waals surface area contributed by atoms with E-state index >= 15 is 0 Å². The van der Waals surface area contributed by atoms with Gasteiger partial charge in [-0.3, -0.25) is 4.98 Å². The van der Waals surface area contributed by atoms with Gasteiger partial charge in [0.25, 0.3) is 0 Å². The van der Waals surface area contributed by atoms with E-state index in [4.69, 9.17) is 0 Å². The lowest BCUT2D eigenvalue weighted by Gasteiger charge is -2.09. The maximum absolute atomic E-state index is 4.54. The summed E-state index contributed by atoms with van der Waals surface area (Å²) in [4.78, 5) is 4.54. The van der Waals surface area contributed by atoms with E-state index in [1.165, 1.54) is 67.0 Å². The van der Waals surface area contributed by atoms with Crippen molar-refractivity contribution in [1.29, 1.82) is 0 Å². The lowest BCUT2D eigenvalue weighted by atomic mass is 9.98. The first-order valence-corrected chi connectivity index (χ1v) is 9.31. The topological polar surface area (TPSA) is 12.9 Å². The Hall–Kier alpha value is -2.15. The van der Waals surface area contributed by atoms with Gasteiger partial charge in [-0.1, -0.05) is 75.4 Å². The second-order valence-electron chi connectivity index (χ2n) is 6.59. The Morgan fingerprint density at radius 1 is 0.792 bits per heavy atom. The standard InChI is InChI=1S/C23H27N/c1-2-3-4-5-6-8-11-19-14-15-23-22(18-19)21(16-17-24-23)20-12-9-7-10-13-20/h7,9-10,12-18H,2-6,8,11H2,1H3. The monoisotopic (exact) mass is 317 g/mol. The molecule has 1 heterocycles. The van der Waals surface area contributed by atoms with Gasteiger partial charge in [-0.25, -0.2) is 0 Å². The number of aromatic nitrogens is 1. The first-order valence-electron chi connectivity index (χ1n) is 9.31. The largest absolute Gasteiger partial charge is 0.256 e. The van der Waals surface area contributed by atoms with Gasteiger partial charge in [-0.2, -0.15) is 0 Å². The molecule has 24 heavy (non-hydrogen) atoms. The summed E-state index contributed by atoms with van der Waals surface area (Å²) in [7, 11) is 0. The molecule has 0 atom stereocenters. The fraction of sp³-hybridized carbons (Fsp3) is 0.348. The molecule has 3 aromatic rings. The van der Waals surface area contributed by atoms with E-state index in [0.717, 1.165) is 5.52 Å². The third kappa shape index (κ3) is 4.23. The van der Waals surface area contributed by atoms with Gasteiger partial charge in [-0.05, 0) is 47.7 Å². The van der Waals surface area contributed by atoms with Crippen molar-refractivity contribution in [3.05, 3.63) is 66.4 Å². The van der Waals surface area contributed by atoms with Crippen LogP contribution in [0, 0.1) is 0 Å². The van der Waals surface area contributed by atoms with E-state index in [-0.39, 0.29) is 0 Å². The molecule has 1 nitrogen and oxygen atoms in total. The van der Waals surface area contributed by atoms with Crippen LogP contribution in [0.15, 0.2) is 60.8 Å². The Bertz CT molecular complexity index is 761. The third-order valence-corrected chi connectivity index (χ3v) is 4.71. The van der Waals surface area contributed by atoms with Crippen LogP contribution in [-0.4, -0.2) is 4.98 Å². The van der Waals surface area contributed by atoms with Crippen LogP contribution in [0.5, 0.6) is 0 Å². The van der Waals surface area contributed by atoms with E-state index in [1.807, 2.05) is 6.20 Å². The molecule has 0 aliphatic carbocycles. The number of hydrogen-bond acceptors (Lipinski definition) is 1. The summed E-state index contributed by atoms with van der Waals surface area (Å²) >= 11 is 0. The summed E-state index contributed by atoms with van der Waals surface area (Å²) in [6.45, 7) is 2.27. The summed E-state index contributed by atoms with van der Waals surface area (Å²) in [6.07, 6.45) is 11.2. The summed E-state index contributed by atoms with van der Waals surface area (Å²) < 4.78 is 0. The molecule has 0 amide bonds. The van der Waals surface area contributed by atoms with Crippen LogP contribution < -0.4 is 0 Å². The minimum Gasteiger partial charge on any atom is -0.256 e. The molecule has 0 fully saturated rings. The van der Waals surface area contributed by atoms with Gasteiger partial charge in [-0.15, -0.1) is 0 Å². The highest BCUT2D eigenvalue weighted by Gasteiger charge is 2.05. The fourth-order valence-corrected chi connectivity index (χ4v) is 3.33. The second kappa shape index (κ2) is 8.63. The van der Waals surface area contributed by atoms with Crippen LogP contribution in [-0.2, 0) is 6.42 Å². The molecular weight excluding hydrogens is 290 g/mol. The van der Waals surface area contributed by atoms with E-state index in [0.29, 0.717) is 0 Å². The molecule has 0 aliphatic rings. The Kier molecular flexibility index (Phi) is 6.01. The summed E-state index contributed by atoms with van der Waals surface area (Å²) in [6, 6.07) is 19.5. The van der Waals surface area contributed by atoms with Gasteiger partial charge < -0.3 is 0 Å². The number of unbranched alkanes of at least 4 members (excludes halogenated alkanes) is 5. The van der Waals surface area contributed by atoms with Crippen LogP contribution in [0.1, 0.15) is 51.0 Å². The zero-order valence-corrected chi connectivity index (χ0v) is 14.7. The van der Waals surface area contributed by atoms with Crippen molar-refractivity contribution in [2.24, 2.45) is 0 Å². The van der Waals surface area contributed by atoms with Gasteiger partial charge in [0, 0.05) is 11.6 Å². The van der Waals surface area contributed by atoms with Gasteiger partial charge in [0.1, 0.15) is 0 Å². The predicted octanol–water partition coefficient (Wildman–Crippen LogP) is 6.80. The lowest BCUT2D eigenvalue weighted by Crippen LogP contribution is -1.90. The first-order chi connectivity index (χ1) is 11.9. The van der Waals surface area contributed by atoms with E-state index < -0.39 is 0 Å². The van der Waals surface area contributed by atoms with Gasteiger partial charge in [0.15, 0.2) is 0 Å². The number of pyridine rings is 1. The van der Waals surface area contributed by atoms with Gasteiger partial charge >= 0.3 is 0 Å². The molecule has 1 aromatic heterocycles. The predicted molar refractivity (Wildman–Crippen MR) is 104 cm³/mol.